The van der Waals surface area contributed by atoms with Crippen LogP contribution in [0.2, 0.25) is 0 Å². The lowest BCUT2D eigenvalue weighted by Crippen LogP contribution is -2.42. The van der Waals surface area contributed by atoms with E-state index < -0.39 is 0 Å². The molecule has 0 aromatic carbocycles. The van der Waals surface area contributed by atoms with E-state index in [-0.39, 0.29) is 17.9 Å². The third kappa shape index (κ3) is 4.14. The van der Waals surface area contributed by atoms with Crippen molar-refractivity contribution in [2.45, 2.75) is 38.1 Å². The lowest BCUT2D eigenvalue weighted by Gasteiger charge is -2.16. The molecule has 5 heteroatoms. The third-order valence-corrected chi connectivity index (χ3v) is 3.79. The molecule has 4 nitrogen and oxygen atoms in total. The van der Waals surface area contributed by atoms with Gasteiger partial charge in [0.1, 0.15) is 0 Å². The number of amides is 2. The summed E-state index contributed by atoms with van der Waals surface area (Å²) in [5.41, 5.74) is 1.04. The van der Waals surface area contributed by atoms with Gasteiger partial charge in [0.05, 0.1) is 6.42 Å². The number of carbonyl (C=O) groups excluding carboxylic acids is 2. The van der Waals surface area contributed by atoms with Crippen molar-refractivity contribution in [1.29, 1.82) is 0 Å². The zero-order valence-corrected chi connectivity index (χ0v) is 11.1. The second-order valence-electron chi connectivity index (χ2n) is 4.62. The maximum Gasteiger partial charge on any atom is 0.224 e. The van der Waals surface area contributed by atoms with Crippen LogP contribution in [0.5, 0.6) is 0 Å². The molecule has 1 atom stereocenters. The predicted molar refractivity (Wildman–Crippen MR) is 71.4 cm³/mol. The average molecular weight is 266 g/mol. The van der Waals surface area contributed by atoms with Crippen LogP contribution in [0, 0.1) is 0 Å². The molecule has 2 rings (SSSR count). The maximum absolute atomic E-state index is 11.7. The second kappa shape index (κ2) is 6.54. The summed E-state index contributed by atoms with van der Waals surface area (Å²) in [6.07, 6.45) is 3.98. The SMILES string of the molecule is O=C(Cc1ccsc1)NCC1CCCCC(=O)N1. The molecule has 1 unspecified atom stereocenters. The number of rotatable bonds is 4. The third-order valence-electron chi connectivity index (χ3n) is 3.06. The molecule has 1 aliphatic heterocycles. The molecule has 2 amide bonds. The second-order valence-corrected chi connectivity index (χ2v) is 5.40. The Hall–Kier alpha value is -1.36. The van der Waals surface area contributed by atoms with Crippen molar-refractivity contribution in [3.8, 4) is 0 Å². The van der Waals surface area contributed by atoms with E-state index in [9.17, 15) is 9.59 Å². The molecule has 98 valence electrons. The molecular weight excluding hydrogens is 248 g/mol. The van der Waals surface area contributed by atoms with Crippen LogP contribution < -0.4 is 10.6 Å². The minimum atomic E-state index is 0.0203. The van der Waals surface area contributed by atoms with Gasteiger partial charge in [-0.2, -0.15) is 11.3 Å². The normalized spacial score (nSPS) is 20.0. The summed E-state index contributed by atoms with van der Waals surface area (Å²) in [5.74, 6) is 0.122. The predicted octanol–water partition coefficient (Wildman–Crippen LogP) is 1.47. The monoisotopic (exact) mass is 266 g/mol. The smallest absolute Gasteiger partial charge is 0.224 e. The summed E-state index contributed by atoms with van der Waals surface area (Å²) in [6.45, 7) is 0.536. The summed E-state index contributed by atoms with van der Waals surface area (Å²) in [4.78, 5) is 23.1. The molecule has 0 aliphatic carbocycles. The van der Waals surface area contributed by atoms with Crippen molar-refractivity contribution < 1.29 is 9.59 Å². The van der Waals surface area contributed by atoms with Gasteiger partial charge in [0, 0.05) is 19.0 Å². The molecule has 2 heterocycles. The highest BCUT2D eigenvalue weighted by Crippen LogP contribution is 2.09. The zero-order chi connectivity index (χ0) is 12.8. The van der Waals surface area contributed by atoms with Crippen LogP contribution >= 0.6 is 11.3 Å². The Kier molecular flexibility index (Phi) is 4.75. The largest absolute Gasteiger partial charge is 0.354 e. The summed E-state index contributed by atoms with van der Waals surface area (Å²) < 4.78 is 0. The van der Waals surface area contributed by atoms with Gasteiger partial charge in [-0.05, 0) is 35.2 Å². The first-order valence-corrected chi connectivity index (χ1v) is 7.25. The Morgan fingerprint density at radius 2 is 2.39 bits per heavy atom. The summed E-state index contributed by atoms with van der Waals surface area (Å²) in [5, 5.41) is 9.78. The van der Waals surface area contributed by atoms with Gasteiger partial charge in [-0.25, -0.2) is 0 Å². The average Bonchev–Trinajstić information content (AvgIpc) is 2.75. The fourth-order valence-electron chi connectivity index (χ4n) is 2.08. The minimum absolute atomic E-state index is 0.0203. The number of hydrogen-bond donors (Lipinski definition) is 2. The van der Waals surface area contributed by atoms with Crippen LogP contribution in [0.15, 0.2) is 16.8 Å². The van der Waals surface area contributed by atoms with E-state index in [1.807, 2.05) is 16.8 Å². The Morgan fingerprint density at radius 1 is 1.50 bits per heavy atom. The van der Waals surface area contributed by atoms with Crippen LogP contribution in [-0.2, 0) is 16.0 Å². The highest BCUT2D eigenvalue weighted by Gasteiger charge is 2.16. The molecule has 1 aromatic heterocycles. The molecule has 1 aliphatic rings. The van der Waals surface area contributed by atoms with Gasteiger partial charge < -0.3 is 10.6 Å². The molecule has 0 bridgehead atoms. The molecule has 18 heavy (non-hydrogen) atoms. The fraction of sp³-hybridized carbons (Fsp3) is 0.538. The number of carbonyl (C=O) groups is 2. The Labute approximate surface area is 111 Å². The van der Waals surface area contributed by atoms with Gasteiger partial charge in [0.25, 0.3) is 0 Å². The number of thiophene rings is 1. The minimum Gasteiger partial charge on any atom is -0.354 e. The molecule has 0 radical (unpaired) electrons. The molecule has 0 saturated carbocycles. The van der Waals surface area contributed by atoms with Crippen LogP contribution in [0.3, 0.4) is 0 Å². The van der Waals surface area contributed by atoms with Crippen LogP contribution in [0.1, 0.15) is 31.2 Å². The van der Waals surface area contributed by atoms with E-state index in [1.165, 1.54) is 0 Å². The van der Waals surface area contributed by atoms with E-state index >= 15 is 0 Å². The van der Waals surface area contributed by atoms with E-state index in [1.54, 1.807) is 11.3 Å². The number of hydrogen-bond acceptors (Lipinski definition) is 3. The van der Waals surface area contributed by atoms with Crippen molar-refractivity contribution in [3.63, 3.8) is 0 Å². The fourth-order valence-corrected chi connectivity index (χ4v) is 2.75. The van der Waals surface area contributed by atoms with Gasteiger partial charge in [0.15, 0.2) is 0 Å². The summed E-state index contributed by atoms with van der Waals surface area (Å²) in [6, 6.07) is 2.05. The first-order valence-electron chi connectivity index (χ1n) is 6.31. The van der Waals surface area contributed by atoms with Crippen molar-refractivity contribution in [3.05, 3.63) is 22.4 Å². The van der Waals surface area contributed by atoms with E-state index in [0.29, 0.717) is 19.4 Å². The lowest BCUT2D eigenvalue weighted by atomic mass is 10.1. The number of nitrogens with one attached hydrogen (secondary N) is 2. The van der Waals surface area contributed by atoms with E-state index in [0.717, 1.165) is 24.8 Å². The highest BCUT2D eigenvalue weighted by atomic mass is 32.1. The first-order chi connectivity index (χ1) is 8.74. The van der Waals surface area contributed by atoms with E-state index in [4.69, 9.17) is 0 Å². The van der Waals surface area contributed by atoms with Gasteiger partial charge in [-0.1, -0.05) is 6.42 Å². The lowest BCUT2D eigenvalue weighted by molar-refractivity contribution is -0.123. The molecule has 2 N–H and O–H groups in total. The van der Waals surface area contributed by atoms with Gasteiger partial charge in [0.2, 0.25) is 11.8 Å². The molecular formula is C13H18N2O2S. The van der Waals surface area contributed by atoms with Crippen molar-refractivity contribution >= 4 is 23.2 Å². The van der Waals surface area contributed by atoms with Gasteiger partial charge in [-0.15, -0.1) is 0 Å². The molecule has 1 fully saturated rings. The van der Waals surface area contributed by atoms with Gasteiger partial charge in [-0.3, -0.25) is 9.59 Å². The summed E-state index contributed by atoms with van der Waals surface area (Å²) >= 11 is 1.59. The molecule has 1 saturated heterocycles. The highest BCUT2D eigenvalue weighted by molar-refractivity contribution is 7.07. The quantitative estimate of drug-likeness (QED) is 0.867. The Bertz CT molecular complexity index is 403. The van der Waals surface area contributed by atoms with Gasteiger partial charge >= 0.3 is 0 Å². The Morgan fingerprint density at radius 3 is 3.17 bits per heavy atom. The zero-order valence-electron chi connectivity index (χ0n) is 10.3. The van der Waals surface area contributed by atoms with E-state index in [2.05, 4.69) is 10.6 Å². The van der Waals surface area contributed by atoms with Crippen LogP contribution in [0.25, 0.3) is 0 Å². The Balaban J connectivity index is 1.73. The van der Waals surface area contributed by atoms with Crippen LogP contribution in [-0.4, -0.2) is 24.4 Å². The maximum atomic E-state index is 11.7. The van der Waals surface area contributed by atoms with Crippen LogP contribution in [0.4, 0.5) is 0 Å². The van der Waals surface area contributed by atoms with Crippen molar-refractivity contribution in [2.75, 3.05) is 6.54 Å². The van der Waals surface area contributed by atoms with Crippen molar-refractivity contribution in [2.24, 2.45) is 0 Å². The van der Waals surface area contributed by atoms with Crippen molar-refractivity contribution in [1.82, 2.24) is 10.6 Å². The first kappa shape index (κ1) is 13.1. The summed E-state index contributed by atoms with van der Waals surface area (Å²) in [7, 11) is 0. The molecule has 1 aromatic rings. The standard InChI is InChI=1S/C13H18N2O2S/c16-12-4-2-1-3-11(15-12)8-14-13(17)7-10-5-6-18-9-10/h5-6,9,11H,1-4,7-8H2,(H,14,17)(H,15,16). The molecule has 0 spiro atoms. The topological polar surface area (TPSA) is 58.2 Å².